The van der Waals surface area contributed by atoms with Crippen molar-refractivity contribution in [2.45, 2.75) is 190 Å². The first-order chi connectivity index (χ1) is 21.9. The van der Waals surface area contributed by atoms with Crippen molar-refractivity contribution in [3.8, 4) is 23.8 Å². The molecule has 0 aromatic carbocycles. The van der Waals surface area contributed by atoms with Gasteiger partial charge in [-0.15, -0.1) is 23.8 Å². The molecule has 4 nitrogen and oxygen atoms in total. The van der Waals surface area contributed by atoms with Gasteiger partial charge in [0.05, 0.1) is 0 Å². The second kappa shape index (κ2) is 18.5. The Bertz CT molecular complexity index is 1130. The molecule has 2 aliphatic carbocycles. The van der Waals surface area contributed by atoms with Crippen LogP contribution in [0.4, 0.5) is 0 Å². The van der Waals surface area contributed by atoms with Crippen LogP contribution in [0.3, 0.4) is 0 Å². The van der Waals surface area contributed by atoms with Gasteiger partial charge in [0.15, 0.2) is 33.3 Å². The molecule has 308 valence electrons. The second-order valence-corrected chi connectivity index (χ2v) is 46.7. The molecule has 52 heavy (non-hydrogen) atoms. The summed E-state index contributed by atoms with van der Waals surface area (Å²) < 4.78 is 25.9. The SMILES string of the molecule is C.C.C#CC1C(CO[Si](C)(C)C(C)(C)C)C1CO[Si](C)(C)C(C)(C)C.CC(C)(C)[Si](C)(C)OCC1C(C#C[Si](C)(C)C)C1CO[Si](C)(C)C(C)(C)C. The fourth-order valence-corrected chi connectivity index (χ4v) is 9.41. The van der Waals surface area contributed by atoms with Crippen molar-refractivity contribution in [2.75, 3.05) is 26.4 Å². The highest BCUT2D eigenvalue weighted by atomic mass is 28.4. The van der Waals surface area contributed by atoms with E-state index in [2.05, 4.69) is 172 Å². The summed E-state index contributed by atoms with van der Waals surface area (Å²) >= 11 is 0. The highest BCUT2D eigenvalue weighted by Gasteiger charge is 2.53. The topological polar surface area (TPSA) is 36.9 Å². The Balaban J connectivity index is 0. The molecule has 2 fully saturated rings. The third-order valence-electron chi connectivity index (χ3n) is 13.2. The highest BCUT2D eigenvalue weighted by Crippen LogP contribution is 2.50. The lowest BCUT2D eigenvalue weighted by Crippen LogP contribution is -2.42. The summed E-state index contributed by atoms with van der Waals surface area (Å²) in [5, 5.41) is 1.02. The maximum Gasteiger partial charge on any atom is 0.191 e. The maximum absolute atomic E-state index is 6.55. The Morgan fingerprint density at radius 2 is 0.635 bits per heavy atom. The van der Waals surface area contributed by atoms with E-state index in [1.165, 1.54) is 0 Å². The normalized spacial score (nSPS) is 24.2. The maximum atomic E-state index is 6.55. The summed E-state index contributed by atoms with van der Waals surface area (Å²) in [4.78, 5) is 0. The molecule has 0 spiro atoms. The van der Waals surface area contributed by atoms with Crippen LogP contribution >= 0.6 is 0 Å². The zero-order valence-electron chi connectivity index (χ0n) is 37.5. The summed E-state index contributed by atoms with van der Waals surface area (Å²) in [5.74, 6) is 9.46. The van der Waals surface area contributed by atoms with E-state index in [0.717, 1.165) is 26.4 Å². The van der Waals surface area contributed by atoms with E-state index in [-0.39, 0.29) is 35.0 Å². The molecular weight excluding hydrogens is 721 g/mol. The first-order valence-electron chi connectivity index (χ1n) is 19.5. The zero-order chi connectivity index (χ0) is 39.7. The van der Waals surface area contributed by atoms with Gasteiger partial charge in [-0.05, 0) is 72.5 Å². The molecule has 0 radical (unpaired) electrons. The van der Waals surface area contributed by atoms with Crippen LogP contribution in [0.5, 0.6) is 0 Å². The molecule has 0 heterocycles. The van der Waals surface area contributed by atoms with Gasteiger partial charge in [-0.1, -0.05) is 118 Å². The van der Waals surface area contributed by atoms with E-state index >= 15 is 0 Å². The lowest BCUT2D eigenvalue weighted by Gasteiger charge is -2.36. The molecule has 0 bridgehead atoms. The van der Waals surface area contributed by atoms with Crippen molar-refractivity contribution in [1.82, 2.24) is 0 Å². The van der Waals surface area contributed by atoms with Gasteiger partial charge >= 0.3 is 0 Å². The van der Waals surface area contributed by atoms with Gasteiger partial charge < -0.3 is 17.7 Å². The van der Waals surface area contributed by atoms with E-state index in [9.17, 15) is 0 Å². The molecule has 0 aliphatic heterocycles. The monoisotopic (exact) mass is 813 g/mol. The highest BCUT2D eigenvalue weighted by molar-refractivity contribution is 6.83. The molecule has 0 saturated heterocycles. The average molecular weight is 814 g/mol. The van der Waals surface area contributed by atoms with Crippen LogP contribution in [-0.2, 0) is 17.7 Å². The summed E-state index contributed by atoms with van der Waals surface area (Å²) in [6, 6.07) is 0. The van der Waals surface area contributed by atoms with Crippen LogP contribution in [0.1, 0.15) is 97.9 Å². The first-order valence-corrected chi connectivity index (χ1v) is 34.6. The van der Waals surface area contributed by atoms with Crippen LogP contribution < -0.4 is 0 Å². The number of rotatable bonds is 12. The minimum Gasteiger partial charge on any atom is -0.416 e. The van der Waals surface area contributed by atoms with Crippen LogP contribution in [0, 0.1) is 59.3 Å². The number of hydrogen-bond donors (Lipinski definition) is 0. The fraction of sp³-hybridized carbons (Fsp3) is 0.907. The van der Waals surface area contributed by atoms with Gasteiger partial charge in [0.1, 0.15) is 8.07 Å². The van der Waals surface area contributed by atoms with Crippen molar-refractivity contribution >= 4 is 41.3 Å². The van der Waals surface area contributed by atoms with Crippen LogP contribution in [0.2, 0.25) is 92.2 Å². The van der Waals surface area contributed by atoms with Gasteiger partial charge in [0.25, 0.3) is 0 Å². The Labute approximate surface area is 333 Å². The van der Waals surface area contributed by atoms with Crippen LogP contribution in [0.15, 0.2) is 0 Å². The summed E-state index contributed by atoms with van der Waals surface area (Å²) in [6.07, 6.45) is 5.73. The van der Waals surface area contributed by atoms with Gasteiger partial charge in [-0.25, -0.2) is 0 Å². The predicted octanol–water partition coefficient (Wildman–Crippen LogP) is 13.6. The minimum atomic E-state index is -1.71. The van der Waals surface area contributed by atoms with Crippen LogP contribution in [0.25, 0.3) is 0 Å². The lowest BCUT2D eigenvalue weighted by molar-refractivity contribution is 0.233. The Morgan fingerprint density at radius 3 is 0.808 bits per heavy atom. The molecule has 2 saturated carbocycles. The van der Waals surface area contributed by atoms with E-state index in [1.807, 2.05) is 0 Å². The molecule has 9 heteroatoms. The standard InChI is InChI=1S/C22H46O2Si3.C19H38O2Si2.2CH4/c1-21(2,3)26(10,11)23-16-19-18(14-15-25(7,8)9)20(19)17-24-27(12,13)22(4,5)6;1-12-15-16(13-20-22(8,9)18(2,3)4)17(15)14-21-23(10,11)19(5,6)7;;/h18-20H,16-17H2,1-13H3;1,15-17H,13-14H2,2-11H3;2*1H4. The van der Waals surface area contributed by atoms with E-state index in [1.54, 1.807) is 0 Å². The smallest absolute Gasteiger partial charge is 0.191 e. The van der Waals surface area contributed by atoms with Crippen molar-refractivity contribution < 1.29 is 17.7 Å². The number of terminal acetylenes is 1. The first kappa shape index (κ1) is 54.1. The predicted molar refractivity (Wildman–Crippen MR) is 247 cm³/mol. The van der Waals surface area contributed by atoms with Crippen LogP contribution in [-0.4, -0.2) is 67.8 Å². The molecule has 0 aromatic heterocycles. The van der Waals surface area contributed by atoms with E-state index < -0.39 is 41.3 Å². The summed E-state index contributed by atoms with van der Waals surface area (Å²) in [7, 11) is -8.14. The third kappa shape index (κ3) is 15.5. The Hall–Kier alpha value is 0.0444. The molecular formula is C43H92O4Si5. The van der Waals surface area contributed by atoms with Crippen molar-refractivity contribution in [2.24, 2.45) is 35.5 Å². The number of hydrogen-bond acceptors (Lipinski definition) is 4. The third-order valence-corrected chi connectivity index (χ3v) is 32.1. The Kier molecular flexibility index (Phi) is 19.3. The van der Waals surface area contributed by atoms with Crippen molar-refractivity contribution in [3.63, 3.8) is 0 Å². The molecule has 0 amide bonds. The molecule has 2 aliphatic rings. The molecule has 4 atom stereocenters. The van der Waals surface area contributed by atoms with Crippen molar-refractivity contribution in [3.05, 3.63) is 0 Å². The van der Waals surface area contributed by atoms with Gasteiger partial charge in [-0.3, -0.25) is 0 Å². The van der Waals surface area contributed by atoms with Gasteiger partial charge in [0.2, 0.25) is 0 Å². The second-order valence-electron chi connectivity index (χ2n) is 22.7. The summed E-state index contributed by atoms with van der Waals surface area (Å²) in [6.45, 7) is 56.5. The zero-order valence-corrected chi connectivity index (χ0v) is 42.5. The average Bonchev–Trinajstić information content (AvgIpc) is 3.77. The summed E-state index contributed by atoms with van der Waals surface area (Å²) in [5.41, 5.74) is 3.60. The quantitative estimate of drug-likeness (QED) is 0.145. The lowest BCUT2D eigenvalue weighted by atomic mass is 10.2. The van der Waals surface area contributed by atoms with E-state index in [4.69, 9.17) is 24.1 Å². The molecule has 2 rings (SSSR count). The largest absolute Gasteiger partial charge is 0.416 e. The fourth-order valence-electron chi connectivity index (χ4n) is 4.64. The molecule has 0 aromatic rings. The van der Waals surface area contributed by atoms with E-state index in [0.29, 0.717) is 35.5 Å². The van der Waals surface area contributed by atoms with Crippen molar-refractivity contribution in [1.29, 1.82) is 0 Å². The Morgan fingerprint density at radius 1 is 0.423 bits per heavy atom. The van der Waals surface area contributed by atoms with Gasteiger partial charge in [0, 0.05) is 61.9 Å². The van der Waals surface area contributed by atoms with Gasteiger partial charge in [-0.2, -0.15) is 0 Å². The minimum absolute atomic E-state index is 0. The molecule has 0 N–H and O–H groups in total. The molecule has 4 unspecified atom stereocenters.